The maximum atomic E-state index is 12.1. The lowest BCUT2D eigenvalue weighted by Crippen LogP contribution is -2.29. The first-order valence-electron chi connectivity index (χ1n) is 6.50. The van der Waals surface area contributed by atoms with Crippen LogP contribution in [0.15, 0.2) is 18.2 Å². The van der Waals surface area contributed by atoms with Crippen molar-refractivity contribution in [2.75, 3.05) is 17.2 Å². The van der Waals surface area contributed by atoms with E-state index in [0.29, 0.717) is 0 Å². The van der Waals surface area contributed by atoms with Crippen LogP contribution in [0.2, 0.25) is 0 Å². The van der Waals surface area contributed by atoms with E-state index in [2.05, 4.69) is 0 Å². The number of nitrogens with two attached hydrogens (primary N) is 1. The lowest BCUT2D eigenvalue weighted by molar-refractivity contribution is -0.117. The summed E-state index contributed by atoms with van der Waals surface area (Å²) >= 11 is 0. The summed E-state index contributed by atoms with van der Waals surface area (Å²) in [4.78, 5) is 35.5. The minimum absolute atomic E-state index is 0.0430. The van der Waals surface area contributed by atoms with Gasteiger partial charge in [0.25, 0.3) is 0 Å². The summed E-state index contributed by atoms with van der Waals surface area (Å²) in [7, 11) is -3.77. The number of amides is 1. The van der Waals surface area contributed by atoms with Gasteiger partial charge in [0.2, 0.25) is 15.9 Å². The van der Waals surface area contributed by atoms with Crippen molar-refractivity contribution >= 4 is 33.6 Å². The minimum Gasteiger partial charge on any atom is -0.478 e. The Bertz CT molecular complexity index is 788. The molecule has 1 heterocycles. The monoisotopic (exact) mass is 342 g/mol. The van der Waals surface area contributed by atoms with Gasteiger partial charge >= 0.3 is 11.9 Å². The molecule has 23 heavy (non-hydrogen) atoms. The highest BCUT2D eigenvalue weighted by atomic mass is 32.2. The molecule has 0 radical (unpaired) electrons. The van der Waals surface area contributed by atoms with Crippen molar-refractivity contribution in [3.8, 4) is 0 Å². The number of carbonyl (C=O) groups excluding carboxylic acids is 1. The topological polar surface area (TPSA) is 155 Å². The summed E-state index contributed by atoms with van der Waals surface area (Å²) in [6.07, 6.45) is -0.104. The maximum absolute atomic E-state index is 12.1. The fourth-order valence-electron chi connectivity index (χ4n) is 2.52. The zero-order valence-corrected chi connectivity index (χ0v) is 12.6. The second-order valence-electron chi connectivity index (χ2n) is 5.25. The number of nitrogens with zero attached hydrogens (tertiary/aromatic N) is 1. The van der Waals surface area contributed by atoms with Gasteiger partial charge in [-0.3, -0.25) is 4.79 Å². The number of aromatic carboxylic acids is 2. The van der Waals surface area contributed by atoms with Crippen LogP contribution in [-0.4, -0.2) is 48.8 Å². The molecule has 1 fully saturated rings. The average Bonchev–Trinajstić information content (AvgIpc) is 2.76. The molecule has 1 atom stereocenters. The SMILES string of the molecule is NS(=O)(=O)CC1CC(=O)N(c2cc(C(=O)O)ccc2C(=O)O)C1. The van der Waals surface area contributed by atoms with Crippen molar-refractivity contribution in [1.82, 2.24) is 0 Å². The van der Waals surface area contributed by atoms with E-state index in [9.17, 15) is 27.9 Å². The molecule has 9 nitrogen and oxygen atoms in total. The highest BCUT2D eigenvalue weighted by Gasteiger charge is 2.34. The van der Waals surface area contributed by atoms with Gasteiger partial charge in [-0.2, -0.15) is 0 Å². The Hall–Kier alpha value is -2.46. The van der Waals surface area contributed by atoms with Crippen molar-refractivity contribution in [3.63, 3.8) is 0 Å². The summed E-state index contributed by atoms with van der Waals surface area (Å²) in [5.74, 6) is -4.05. The quantitative estimate of drug-likeness (QED) is 0.664. The molecule has 1 unspecified atom stereocenters. The largest absolute Gasteiger partial charge is 0.478 e. The molecule has 10 heteroatoms. The number of rotatable bonds is 5. The Morgan fingerprint density at radius 2 is 1.91 bits per heavy atom. The molecular formula is C13H14N2O7S. The maximum Gasteiger partial charge on any atom is 0.337 e. The molecule has 1 aromatic rings. The molecule has 1 aliphatic heterocycles. The van der Waals surface area contributed by atoms with E-state index in [1.165, 1.54) is 0 Å². The predicted molar refractivity (Wildman–Crippen MR) is 78.8 cm³/mol. The van der Waals surface area contributed by atoms with Crippen LogP contribution < -0.4 is 10.0 Å². The van der Waals surface area contributed by atoms with E-state index >= 15 is 0 Å². The number of benzene rings is 1. The standard InChI is InChI=1S/C13H14N2O7S/c14-23(21,22)6-7-3-11(16)15(5-7)10-4-8(12(17)18)1-2-9(10)13(19)20/h1-2,4,7H,3,5-6H2,(H,17,18)(H,19,20)(H2,14,21,22). The van der Waals surface area contributed by atoms with Gasteiger partial charge in [0, 0.05) is 18.9 Å². The van der Waals surface area contributed by atoms with Gasteiger partial charge in [0.1, 0.15) is 0 Å². The van der Waals surface area contributed by atoms with Crippen molar-refractivity contribution in [2.45, 2.75) is 6.42 Å². The lowest BCUT2D eigenvalue weighted by Gasteiger charge is -2.19. The summed E-state index contributed by atoms with van der Waals surface area (Å²) in [5, 5.41) is 23.2. The molecule has 4 N–H and O–H groups in total. The second-order valence-corrected chi connectivity index (χ2v) is 6.91. The zero-order chi connectivity index (χ0) is 17.4. The Morgan fingerprint density at radius 3 is 2.43 bits per heavy atom. The van der Waals surface area contributed by atoms with E-state index in [1.54, 1.807) is 0 Å². The number of carboxylic acids is 2. The van der Waals surface area contributed by atoms with Crippen LogP contribution in [0.25, 0.3) is 0 Å². The van der Waals surface area contributed by atoms with Gasteiger partial charge in [0.15, 0.2) is 0 Å². The Kier molecular flexibility index (Phi) is 4.39. The van der Waals surface area contributed by atoms with Crippen LogP contribution in [-0.2, 0) is 14.8 Å². The molecular weight excluding hydrogens is 328 g/mol. The summed E-state index contributed by atoms with van der Waals surface area (Å²) in [6, 6.07) is 3.31. The number of hydrogen-bond acceptors (Lipinski definition) is 5. The Morgan fingerprint density at radius 1 is 1.26 bits per heavy atom. The van der Waals surface area contributed by atoms with Gasteiger partial charge in [-0.15, -0.1) is 0 Å². The Labute approximate surface area is 131 Å². The smallest absolute Gasteiger partial charge is 0.337 e. The minimum atomic E-state index is -3.77. The third-order valence-electron chi connectivity index (χ3n) is 3.44. The van der Waals surface area contributed by atoms with Crippen LogP contribution >= 0.6 is 0 Å². The number of sulfonamides is 1. The molecule has 0 spiro atoms. The molecule has 1 amide bonds. The van der Waals surface area contributed by atoms with Crippen molar-refractivity contribution in [3.05, 3.63) is 29.3 Å². The molecule has 0 bridgehead atoms. The molecule has 0 saturated carbocycles. The summed E-state index contributed by atoms with van der Waals surface area (Å²) in [5.41, 5.74) is -0.480. The van der Waals surface area contributed by atoms with Gasteiger partial charge in [0.05, 0.1) is 22.6 Å². The van der Waals surface area contributed by atoms with Crippen LogP contribution in [0.4, 0.5) is 5.69 Å². The first kappa shape index (κ1) is 16.9. The average molecular weight is 342 g/mol. The van der Waals surface area contributed by atoms with E-state index in [4.69, 9.17) is 10.2 Å². The molecule has 2 rings (SSSR count). The van der Waals surface area contributed by atoms with Gasteiger partial charge in [-0.1, -0.05) is 0 Å². The third-order valence-corrected chi connectivity index (χ3v) is 4.38. The van der Waals surface area contributed by atoms with Crippen LogP contribution in [0.1, 0.15) is 27.1 Å². The van der Waals surface area contributed by atoms with Gasteiger partial charge in [-0.05, 0) is 18.2 Å². The number of carboxylic acid groups (broad SMARTS) is 2. The highest BCUT2D eigenvalue weighted by Crippen LogP contribution is 2.30. The number of hydrogen-bond donors (Lipinski definition) is 3. The molecule has 1 saturated heterocycles. The van der Waals surface area contributed by atoms with Crippen molar-refractivity contribution in [1.29, 1.82) is 0 Å². The summed E-state index contributed by atoms with van der Waals surface area (Å²) in [6.45, 7) is -0.0430. The van der Waals surface area contributed by atoms with E-state index < -0.39 is 39.5 Å². The fraction of sp³-hybridized carbons (Fsp3) is 0.308. The van der Waals surface area contributed by atoms with Crippen molar-refractivity contribution in [2.24, 2.45) is 11.1 Å². The molecule has 0 aromatic heterocycles. The third kappa shape index (κ3) is 3.85. The highest BCUT2D eigenvalue weighted by molar-refractivity contribution is 7.89. The van der Waals surface area contributed by atoms with E-state index in [-0.39, 0.29) is 29.8 Å². The van der Waals surface area contributed by atoms with Crippen LogP contribution in [0.3, 0.4) is 0 Å². The van der Waals surface area contributed by atoms with E-state index in [0.717, 1.165) is 23.1 Å². The lowest BCUT2D eigenvalue weighted by atomic mass is 10.1. The van der Waals surface area contributed by atoms with Crippen molar-refractivity contribution < 1.29 is 33.0 Å². The second kappa shape index (κ2) is 5.97. The number of primary sulfonamides is 1. The van der Waals surface area contributed by atoms with E-state index in [1.807, 2.05) is 0 Å². The Balaban J connectivity index is 2.40. The normalized spacial score (nSPS) is 18.2. The first-order valence-corrected chi connectivity index (χ1v) is 8.21. The van der Waals surface area contributed by atoms with Crippen LogP contribution in [0, 0.1) is 5.92 Å². The fourth-order valence-corrected chi connectivity index (χ4v) is 3.40. The zero-order valence-electron chi connectivity index (χ0n) is 11.8. The first-order chi connectivity index (χ1) is 10.6. The van der Waals surface area contributed by atoms with Crippen LogP contribution in [0.5, 0.6) is 0 Å². The molecule has 0 aliphatic carbocycles. The predicted octanol–water partition coefficient (Wildman–Crippen LogP) is -0.276. The molecule has 1 aliphatic rings. The van der Waals surface area contributed by atoms with Gasteiger partial charge in [-0.25, -0.2) is 23.1 Å². The molecule has 124 valence electrons. The van der Waals surface area contributed by atoms with Gasteiger partial charge < -0.3 is 15.1 Å². The summed E-state index contributed by atoms with van der Waals surface area (Å²) < 4.78 is 22.3. The molecule has 1 aromatic carbocycles. The number of anilines is 1. The number of carbonyl (C=O) groups is 3.